The molecule has 0 aromatic carbocycles. The van der Waals surface area contributed by atoms with Crippen LogP contribution in [0.2, 0.25) is 0 Å². The molecule has 0 saturated carbocycles. The van der Waals surface area contributed by atoms with E-state index in [2.05, 4.69) is 303 Å². The van der Waals surface area contributed by atoms with Gasteiger partial charge in [0, 0.05) is 64.4 Å². The molecular weight excluding hydrogens is 1580 g/mol. The number of unbranched alkanes of at least 4 members (excludes halogenated alkanes) is 13. The maximum absolute atomic E-state index is 4.22. The summed E-state index contributed by atoms with van der Waals surface area (Å²) in [6.45, 7) is 70.8. The molecule has 0 N–H and O–H groups in total. The highest BCUT2D eigenvalue weighted by molar-refractivity contribution is 4.98. The second kappa shape index (κ2) is 77.4. The van der Waals surface area contributed by atoms with Crippen molar-refractivity contribution in [2.24, 2.45) is 82.9 Å². The van der Waals surface area contributed by atoms with Gasteiger partial charge in [0.25, 0.3) is 0 Å². The second-order valence-corrected chi connectivity index (χ2v) is 43.7. The second-order valence-electron chi connectivity index (χ2n) is 43.7. The Bertz CT molecular complexity index is 3410. The normalized spacial score (nSPS) is 11.7. The van der Waals surface area contributed by atoms with E-state index >= 15 is 0 Å². The van der Waals surface area contributed by atoms with Crippen molar-refractivity contribution in [2.75, 3.05) is 0 Å². The zero-order valence-corrected chi connectivity index (χ0v) is 89.1. The van der Waals surface area contributed by atoms with Crippen LogP contribution in [0.3, 0.4) is 0 Å². The molecular formula is C107H207N21. The molecule has 7 aromatic rings. The van der Waals surface area contributed by atoms with E-state index < -0.39 is 0 Å². The van der Waals surface area contributed by atoms with Crippen LogP contribution in [-0.2, 0) is 90.8 Å². The molecule has 0 aliphatic heterocycles. The lowest BCUT2D eigenvalue weighted by Crippen LogP contribution is -2.07. The van der Waals surface area contributed by atoms with Crippen LogP contribution in [0.4, 0.5) is 0 Å². The summed E-state index contributed by atoms with van der Waals surface area (Å²) < 4.78 is 14.4. The van der Waals surface area contributed by atoms with Gasteiger partial charge in [-0.15, -0.1) is 35.7 Å². The van der Waals surface area contributed by atoms with Gasteiger partial charge < -0.3 is 0 Å². The third-order valence-electron chi connectivity index (χ3n) is 23.3. The summed E-state index contributed by atoms with van der Waals surface area (Å²) in [4.78, 5) is 0. The fraction of sp³-hybridized carbons (Fsp3) is 0.869. The van der Waals surface area contributed by atoms with Crippen molar-refractivity contribution in [3.8, 4) is 0 Å². The Morgan fingerprint density at radius 3 is 0.742 bits per heavy atom. The predicted molar refractivity (Wildman–Crippen MR) is 545 cm³/mol. The predicted octanol–water partition coefficient (Wildman–Crippen LogP) is 29.4. The van der Waals surface area contributed by atoms with Gasteiger partial charge in [0.05, 0.1) is 64.6 Å². The van der Waals surface area contributed by atoms with E-state index in [0.717, 1.165) is 185 Å². The van der Waals surface area contributed by atoms with E-state index in [-0.39, 0.29) is 0 Å². The number of nitrogens with zero attached hydrogens (tertiary/aromatic N) is 21. The summed E-state index contributed by atoms with van der Waals surface area (Å²) in [5.41, 5.74) is 8.69. The highest BCUT2D eigenvalue weighted by Crippen LogP contribution is 2.21. The lowest BCUT2D eigenvalue weighted by molar-refractivity contribution is 0.462. The summed E-state index contributed by atoms with van der Waals surface area (Å²) in [5, 5.41) is 58.2. The van der Waals surface area contributed by atoms with E-state index in [0.29, 0.717) is 5.92 Å². The smallest absolute Gasteiger partial charge is 0.0827 e. The van der Waals surface area contributed by atoms with Gasteiger partial charge in [0.2, 0.25) is 0 Å². The van der Waals surface area contributed by atoms with Crippen LogP contribution in [-0.4, -0.2) is 105 Å². The van der Waals surface area contributed by atoms with Crippen LogP contribution in [0.15, 0.2) is 43.4 Å². The summed E-state index contributed by atoms with van der Waals surface area (Å²) in [5.74, 6) is 11.0. The van der Waals surface area contributed by atoms with Gasteiger partial charge in [0.1, 0.15) is 0 Å². The maximum Gasteiger partial charge on any atom is 0.0827 e. The Hall–Kier alpha value is -6.02. The average molecular weight is 1790 g/mol. The molecule has 7 heterocycles. The van der Waals surface area contributed by atoms with E-state index in [9.17, 15) is 0 Å². The van der Waals surface area contributed by atoms with Crippen molar-refractivity contribution in [1.29, 1.82) is 0 Å². The summed E-state index contributed by atoms with van der Waals surface area (Å²) in [6, 6.07) is 0. The van der Waals surface area contributed by atoms with Gasteiger partial charge in [-0.3, -0.25) is 14.0 Å². The van der Waals surface area contributed by atoms with Gasteiger partial charge in [-0.25, -0.2) is 18.7 Å². The number of hydrogen-bond acceptors (Lipinski definition) is 14. The molecule has 0 radical (unpaired) electrons. The fourth-order valence-electron chi connectivity index (χ4n) is 15.1. The SMILES string of the molecule is CC(C)CCCCCCc1cnnn1CCC(C)C.CC(C)CCCCCCc1cnnn1CCCC(C)C.CC(C)CCCCCc1cn(CC(C)C)nn1.CC(C)CCCCCn1nncc1CCCC(C)C.CC(C)CCCCCn1nncc1CCCC(C)C.CC(C)CCCCc1cn(CCC(C)C)nn1.CC(C)CCCc1cn(CCCC(C)C)nn1. The molecule has 21 nitrogen and oxygen atoms in total. The Kier molecular flexibility index (Phi) is 72.6. The molecule has 0 saturated heterocycles. The van der Waals surface area contributed by atoms with Crippen LogP contribution in [0, 0.1) is 82.9 Å². The van der Waals surface area contributed by atoms with Crippen LogP contribution in [0.5, 0.6) is 0 Å². The first-order chi connectivity index (χ1) is 61.1. The monoisotopic (exact) mass is 1790 g/mol. The fourth-order valence-corrected chi connectivity index (χ4v) is 15.1. The molecule has 7 rings (SSSR count). The first-order valence-electron chi connectivity index (χ1n) is 53.3. The molecule has 740 valence electrons. The third-order valence-corrected chi connectivity index (χ3v) is 23.3. The lowest BCUT2D eigenvalue weighted by Gasteiger charge is -2.08. The largest absolute Gasteiger partial charge is 0.252 e. The van der Waals surface area contributed by atoms with Gasteiger partial charge >= 0.3 is 0 Å². The summed E-state index contributed by atoms with van der Waals surface area (Å²) in [7, 11) is 0. The van der Waals surface area contributed by atoms with Crippen molar-refractivity contribution in [3.63, 3.8) is 0 Å². The maximum atomic E-state index is 4.22. The molecule has 21 heteroatoms. The number of aromatic nitrogens is 21. The number of aryl methyl sites for hydroxylation is 13. The molecule has 7 aromatic heterocycles. The van der Waals surface area contributed by atoms with Crippen LogP contribution < -0.4 is 0 Å². The van der Waals surface area contributed by atoms with Crippen molar-refractivity contribution >= 4 is 0 Å². The molecule has 0 fully saturated rings. The van der Waals surface area contributed by atoms with Crippen molar-refractivity contribution in [1.82, 2.24) is 105 Å². The van der Waals surface area contributed by atoms with Gasteiger partial charge in [-0.1, -0.05) is 372 Å². The molecule has 0 aliphatic carbocycles. The standard InChI is InChI=1S/C17H33N3.3C16H31N3.3C14H27N3/c1-15(2)10-7-5-6-8-12-17-14-18-19-20(17)13-9-11-16(3)4;2*1-14(2)9-6-5-7-12-19-16(13-17-18-19)11-8-10-15(3)4;1-14(2)9-7-5-6-8-10-16-13-17-18-19(16)12-11-15(3)4;1-12(2)7-5-9-14-11-17(16-15-14)10-6-8-13(3)4;1-12(2)7-5-6-8-14-11-17(16-15-14)10-9-13(3)4;1-12(2)8-6-5-7-9-14-11-17(16-15-14)10-13(3)4/h14-16H,5-13H2,1-4H3;3*13-15H,5-12H2,1-4H3;3*11-13H,5-10H2,1-4H3. The topological polar surface area (TPSA) is 215 Å². The zero-order valence-electron chi connectivity index (χ0n) is 89.1. The molecule has 0 unspecified atom stereocenters. The minimum absolute atomic E-state index is 0.635. The highest BCUT2D eigenvalue weighted by Gasteiger charge is 2.13. The highest BCUT2D eigenvalue weighted by atomic mass is 15.5. The first kappa shape index (κ1) is 120. The molecule has 0 spiro atoms. The average Bonchev–Trinajstić information content (AvgIpc) is 1.77. The van der Waals surface area contributed by atoms with Crippen LogP contribution in [0.1, 0.15) is 471 Å². The third kappa shape index (κ3) is 71.6. The zero-order chi connectivity index (χ0) is 95.1. The lowest BCUT2D eigenvalue weighted by atomic mass is 10.0. The molecule has 0 amide bonds. The molecule has 0 aliphatic rings. The summed E-state index contributed by atoms with van der Waals surface area (Å²) in [6.07, 6.45) is 69.7. The number of rotatable bonds is 65. The minimum Gasteiger partial charge on any atom is -0.252 e. The van der Waals surface area contributed by atoms with E-state index in [1.54, 1.807) is 0 Å². The molecule has 0 bridgehead atoms. The Morgan fingerprint density at radius 2 is 0.398 bits per heavy atom. The van der Waals surface area contributed by atoms with E-state index in [4.69, 9.17) is 0 Å². The first-order valence-corrected chi connectivity index (χ1v) is 53.3. The quantitative estimate of drug-likeness (QED) is 0.0324. The van der Waals surface area contributed by atoms with Gasteiger partial charge in [-0.05, 0) is 224 Å². The Labute approximate surface area is 788 Å². The minimum atomic E-state index is 0.635. The summed E-state index contributed by atoms with van der Waals surface area (Å²) >= 11 is 0. The van der Waals surface area contributed by atoms with E-state index in [1.165, 1.54) is 260 Å². The van der Waals surface area contributed by atoms with Crippen LogP contribution in [0.25, 0.3) is 0 Å². The van der Waals surface area contributed by atoms with E-state index in [1.807, 2.05) is 38.8 Å². The van der Waals surface area contributed by atoms with Crippen molar-refractivity contribution < 1.29 is 0 Å². The van der Waals surface area contributed by atoms with Gasteiger partial charge in [-0.2, -0.15) is 0 Å². The Morgan fingerprint density at radius 1 is 0.180 bits per heavy atom. The Balaban J connectivity index is 0.000000747. The molecule has 0 atom stereocenters. The molecule has 128 heavy (non-hydrogen) atoms. The van der Waals surface area contributed by atoms with Gasteiger partial charge in [0.15, 0.2) is 0 Å². The van der Waals surface area contributed by atoms with Crippen molar-refractivity contribution in [3.05, 3.63) is 83.2 Å². The number of hydrogen-bond donors (Lipinski definition) is 0. The van der Waals surface area contributed by atoms with Crippen molar-refractivity contribution in [2.45, 2.75) is 522 Å². The van der Waals surface area contributed by atoms with Crippen LogP contribution >= 0.6 is 0 Å².